The van der Waals surface area contributed by atoms with E-state index in [-0.39, 0.29) is 0 Å². The van der Waals surface area contributed by atoms with Gasteiger partial charge in [-0.25, -0.2) is 4.98 Å². The van der Waals surface area contributed by atoms with E-state index in [1.165, 1.54) is 0 Å². The standard InChI is InChI=1S/C8H11FN2O2S/c9-14(12,13)6-7-5-11-4-2-1-3-8(11)10-7/h5H,1-4,6H2. The topological polar surface area (TPSA) is 52.0 Å². The molecule has 1 aliphatic rings. The predicted octanol–water partition coefficient (Wildman–Crippen LogP) is 1.02. The zero-order valence-corrected chi connectivity index (χ0v) is 8.43. The molecule has 4 nitrogen and oxygen atoms in total. The van der Waals surface area contributed by atoms with Gasteiger partial charge in [0.05, 0.1) is 5.69 Å². The van der Waals surface area contributed by atoms with Gasteiger partial charge >= 0.3 is 10.2 Å². The predicted molar refractivity (Wildman–Crippen MR) is 48.9 cm³/mol. The number of hydrogen-bond acceptors (Lipinski definition) is 3. The zero-order valence-electron chi connectivity index (χ0n) is 7.61. The van der Waals surface area contributed by atoms with E-state index in [0.717, 1.165) is 31.6 Å². The monoisotopic (exact) mass is 218 g/mol. The van der Waals surface area contributed by atoms with Gasteiger partial charge in [-0.1, -0.05) is 0 Å². The fourth-order valence-corrected chi connectivity index (χ4v) is 2.21. The molecule has 0 unspecified atom stereocenters. The Balaban J connectivity index is 2.24. The lowest BCUT2D eigenvalue weighted by Crippen LogP contribution is -2.08. The Morgan fingerprint density at radius 1 is 1.50 bits per heavy atom. The molecule has 0 N–H and O–H groups in total. The molecule has 0 atom stereocenters. The third-order valence-electron chi connectivity index (χ3n) is 2.28. The van der Waals surface area contributed by atoms with Crippen LogP contribution < -0.4 is 0 Å². The van der Waals surface area contributed by atoms with Gasteiger partial charge in [-0.3, -0.25) is 0 Å². The summed E-state index contributed by atoms with van der Waals surface area (Å²) >= 11 is 0. The van der Waals surface area contributed by atoms with Crippen LogP contribution in [0, 0.1) is 0 Å². The molecular formula is C8H11FN2O2S. The summed E-state index contributed by atoms with van der Waals surface area (Å²) in [7, 11) is -4.45. The molecule has 0 aliphatic carbocycles. The van der Waals surface area contributed by atoms with Crippen molar-refractivity contribution < 1.29 is 12.3 Å². The number of halogens is 1. The molecule has 0 saturated carbocycles. The van der Waals surface area contributed by atoms with E-state index >= 15 is 0 Å². The Kier molecular flexibility index (Phi) is 2.30. The van der Waals surface area contributed by atoms with Crippen LogP contribution in [0.2, 0.25) is 0 Å². The van der Waals surface area contributed by atoms with Gasteiger partial charge in [0.15, 0.2) is 0 Å². The highest BCUT2D eigenvalue weighted by molar-refractivity contribution is 7.85. The summed E-state index contributed by atoms with van der Waals surface area (Å²) in [5, 5.41) is 0. The van der Waals surface area contributed by atoms with E-state index in [1.54, 1.807) is 6.20 Å². The number of nitrogens with zero attached hydrogens (tertiary/aromatic N) is 2. The average Bonchev–Trinajstić information content (AvgIpc) is 2.42. The first-order valence-electron chi connectivity index (χ1n) is 4.52. The highest BCUT2D eigenvalue weighted by atomic mass is 32.3. The van der Waals surface area contributed by atoms with Crippen molar-refractivity contribution in [1.82, 2.24) is 9.55 Å². The molecule has 0 spiro atoms. The highest BCUT2D eigenvalue weighted by Crippen LogP contribution is 2.16. The van der Waals surface area contributed by atoms with Gasteiger partial charge in [-0.2, -0.15) is 8.42 Å². The van der Waals surface area contributed by atoms with E-state index in [1.807, 2.05) is 4.57 Å². The fraction of sp³-hybridized carbons (Fsp3) is 0.625. The summed E-state index contributed by atoms with van der Waals surface area (Å²) in [6, 6.07) is 0. The van der Waals surface area contributed by atoms with Crippen LogP contribution in [-0.2, 0) is 28.9 Å². The normalized spacial score (nSPS) is 16.6. The van der Waals surface area contributed by atoms with Crippen LogP contribution in [-0.4, -0.2) is 18.0 Å². The van der Waals surface area contributed by atoms with Gasteiger partial charge in [0.25, 0.3) is 0 Å². The molecule has 0 fully saturated rings. The Labute approximate surface area is 82.0 Å². The molecule has 6 heteroatoms. The van der Waals surface area contributed by atoms with Gasteiger partial charge < -0.3 is 4.57 Å². The summed E-state index contributed by atoms with van der Waals surface area (Å²) in [4.78, 5) is 4.08. The Morgan fingerprint density at radius 2 is 2.29 bits per heavy atom. The van der Waals surface area contributed by atoms with E-state index in [0.29, 0.717) is 5.69 Å². The lowest BCUT2D eigenvalue weighted by molar-refractivity contribution is 0.522. The fourth-order valence-electron chi connectivity index (χ4n) is 1.72. The third kappa shape index (κ3) is 2.12. The van der Waals surface area contributed by atoms with Crippen LogP contribution in [0.5, 0.6) is 0 Å². The first-order valence-corrected chi connectivity index (χ1v) is 6.07. The van der Waals surface area contributed by atoms with Crippen molar-refractivity contribution in [3.05, 3.63) is 17.7 Å². The zero-order chi connectivity index (χ0) is 10.2. The van der Waals surface area contributed by atoms with Gasteiger partial charge in [-0.05, 0) is 12.8 Å². The Morgan fingerprint density at radius 3 is 2.93 bits per heavy atom. The number of imidazole rings is 1. The second-order valence-electron chi connectivity index (χ2n) is 3.48. The van der Waals surface area contributed by atoms with E-state index < -0.39 is 16.0 Å². The van der Waals surface area contributed by atoms with Crippen molar-refractivity contribution >= 4 is 10.2 Å². The largest absolute Gasteiger partial charge is 0.335 e. The SMILES string of the molecule is O=S(=O)(F)Cc1cn2c(n1)CCCC2. The number of hydrogen-bond donors (Lipinski definition) is 0. The molecule has 1 aliphatic heterocycles. The molecule has 14 heavy (non-hydrogen) atoms. The van der Waals surface area contributed by atoms with Crippen molar-refractivity contribution in [3.63, 3.8) is 0 Å². The Bertz CT molecular complexity index is 415. The van der Waals surface area contributed by atoms with Crippen LogP contribution >= 0.6 is 0 Å². The maximum Gasteiger partial charge on any atom is 0.308 e. The molecule has 1 aromatic heterocycles. The molecule has 0 aromatic carbocycles. The lowest BCUT2D eigenvalue weighted by atomic mass is 10.2. The van der Waals surface area contributed by atoms with Crippen molar-refractivity contribution in [2.45, 2.75) is 31.6 Å². The second kappa shape index (κ2) is 3.34. The summed E-state index contributed by atoms with van der Waals surface area (Å²) < 4.78 is 35.1. The van der Waals surface area contributed by atoms with Gasteiger partial charge in [-0.15, -0.1) is 3.89 Å². The van der Waals surface area contributed by atoms with E-state index in [9.17, 15) is 12.3 Å². The second-order valence-corrected chi connectivity index (χ2v) is 4.85. The molecule has 0 saturated heterocycles. The van der Waals surface area contributed by atoms with Crippen LogP contribution in [0.3, 0.4) is 0 Å². The molecule has 0 radical (unpaired) electrons. The van der Waals surface area contributed by atoms with Crippen molar-refractivity contribution in [2.75, 3.05) is 0 Å². The maximum atomic E-state index is 12.4. The minimum absolute atomic E-state index is 0.310. The quantitative estimate of drug-likeness (QED) is 0.696. The number of fused-ring (bicyclic) bond motifs is 1. The molecular weight excluding hydrogens is 207 g/mol. The molecule has 78 valence electrons. The smallest absolute Gasteiger partial charge is 0.308 e. The molecule has 0 bridgehead atoms. The minimum atomic E-state index is -4.45. The summed E-state index contributed by atoms with van der Waals surface area (Å²) in [6.45, 7) is 0.856. The number of aryl methyl sites for hydroxylation is 2. The molecule has 1 aromatic rings. The first-order chi connectivity index (χ1) is 6.54. The third-order valence-corrected chi connectivity index (χ3v) is 2.92. The van der Waals surface area contributed by atoms with Gasteiger partial charge in [0, 0.05) is 19.2 Å². The Hall–Kier alpha value is -0.910. The van der Waals surface area contributed by atoms with Gasteiger partial charge in [0.1, 0.15) is 11.6 Å². The first kappa shape index (κ1) is 9.64. The summed E-state index contributed by atoms with van der Waals surface area (Å²) in [5.41, 5.74) is 0.310. The number of aromatic nitrogens is 2. The molecule has 2 rings (SSSR count). The van der Waals surface area contributed by atoms with E-state index in [2.05, 4.69) is 4.98 Å². The van der Waals surface area contributed by atoms with Crippen LogP contribution in [0.15, 0.2) is 6.20 Å². The summed E-state index contributed by atoms with van der Waals surface area (Å²) in [6.07, 6.45) is 4.63. The average molecular weight is 218 g/mol. The van der Waals surface area contributed by atoms with Crippen LogP contribution in [0.25, 0.3) is 0 Å². The number of rotatable bonds is 2. The minimum Gasteiger partial charge on any atom is -0.335 e. The molecule has 0 amide bonds. The van der Waals surface area contributed by atoms with Crippen LogP contribution in [0.1, 0.15) is 24.4 Å². The van der Waals surface area contributed by atoms with Crippen molar-refractivity contribution in [3.8, 4) is 0 Å². The van der Waals surface area contributed by atoms with E-state index in [4.69, 9.17) is 0 Å². The van der Waals surface area contributed by atoms with Crippen molar-refractivity contribution in [2.24, 2.45) is 0 Å². The highest BCUT2D eigenvalue weighted by Gasteiger charge is 2.16. The summed E-state index contributed by atoms with van der Waals surface area (Å²) in [5.74, 6) is 0.266. The van der Waals surface area contributed by atoms with Crippen LogP contribution in [0.4, 0.5) is 3.89 Å². The lowest BCUT2D eigenvalue weighted by Gasteiger charge is -2.11. The molecule has 2 heterocycles. The van der Waals surface area contributed by atoms with Crippen molar-refractivity contribution in [1.29, 1.82) is 0 Å². The van der Waals surface area contributed by atoms with Gasteiger partial charge in [0.2, 0.25) is 0 Å². The maximum absolute atomic E-state index is 12.4.